The molecule has 0 radical (unpaired) electrons. The summed E-state index contributed by atoms with van der Waals surface area (Å²) in [5.41, 5.74) is 7.77. The first-order valence-electron chi connectivity index (χ1n) is 9.12. The Kier molecular flexibility index (Phi) is 4.74. The minimum absolute atomic E-state index is 0.0222. The molecule has 1 amide bonds. The zero-order valence-corrected chi connectivity index (χ0v) is 14.9. The Bertz CT molecular complexity index is 776. The molecule has 0 aromatic carbocycles. The van der Waals surface area contributed by atoms with Gasteiger partial charge in [0.25, 0.3) is 0 Å². The lowest BCUT2D eigenvalue weighted by molar-refractivity contribution is -0.139. The fourth-order valence-corrected chi connectivity index (χ4v) is 3.91. The second kappa shape index (κ2) is 7.17. The van der Waals surface area contributed by atoms with E-state index in [-0.39, 0.29) is 24.0 Å². The molecule has 3 atom stereocenters. The number of carbonyl (C=O) groups excluding carboxylic acids is 1. The third kappa shape index (κ3) is 3.24. The van der Waals surface area contributed by atoms with Gasteiger partial charge in [-0.25, -0.2) is 4.98 Å². The summed E-state index contributed by atoms with van der Waals surface area (Å²) in [6.07, 6.45) is 6.44. The van der Waals surface area contributed by atoms with Crippen LogP contribution >= 0.6 is 0 Å². The lowest BCUT2D eigenvalue weighted by Gasteiger charge is -2.36. The van der Waals surface area contributed by atoms with Crippen LogP contribution in [0.2, 0.25) is 0 Å². The van der Waals surface area contributed by atoms with E-state index in [1.807, 2.05) is 17.0 Å². The van der Waals surface area contributed by atoms with Crippen LogP contribution in [0.4, 0.5) is 0 Å². The summed E-state index contributed by atoms with van der Waals surface area (Å²) in [7, 11) is 1.67. The van der Waals surface area contributed by atoms with Crippen molar-refractivity contribution in [3.05, 3.63) is 36.0 Å². The molecular formula is C19H24N4O3. The number of hydrogen-bond donors (Lipinski definition) is 1. The molecule has 0 bridgehead atoms. The molecule has 1 aliphatic heterocycles. The molecule has 2 aromatic rings. The van der Waals surface area contributed by atoms with Crippen molar-refractivity contribution < 1.29 is 13.9 Å². The summed E-state index contributed by atoms with van der Waals surface area (Å²) in [6, 6.07) is 3.80. The van der Waals surface area contributed by atoms with Crippen LogP contribution in [0, 0.1) is 5.92 Å². The number of rotatable bonds is 3. The van der Waals surface area contributed by atoms with E-state index in [2.05, 4.69) is 9.97 Å². The molecule has 7 heteroatoms. The number of pyridine rings is 1. The normalized spacial score (nSPS) is 25.8. The number of hydrogen-bond acceptors (Lipinski definition) is 6. The second-order valence-corrected chi connectivity index (χ2v) is 7.09. The van der Waals surface area contributed by atoms with Gasteiger partial charge in [0.1, 0.15) is 11.5 Å². The first kappa shape index (κ1) is 17.2. The van der Waals surface area contributed by atoms with Crippen molar-refractivity contribution in [1.82, 2.24) is 14.9 Å². The first-order chi connectivity index (χ1) is 12.7. The number of nitrogens with two attached hydrogens (primary N) is 1. The molecular weight excluding hydrogens is 332 g/mol. The maximum Gasteiger partial charge on any atom is 0.228 e. The minimum Gasteiger partial charge on any atom is -0.441 e. The number of aromatic nitrogens is 2. The van der Waals surface area contributed by atoms with Crippen LogP contribution in [0.15, 0.2) is 28.9 Å². The molecule has 0 spiro atoms. The number of nitrogens with zero attached hydrogens (tertiary/aromatic N) is 3. The highest BCUT2D eigenvalue weighted by atomic mass is 16.5. The highest BCUT2D eigenvalue weighted by Crippen LogP contribution is 2.30. The summed E-state index contributed by atoms with van der Waals surface area (Å²) in [5.74, 6) is 1.59. The van der Waals surface area contributed by atoms with Gasteiger partial charge in [-0.15, -0.1) is 0 Å². The van der Waals surface area contributed by atoms with Crippen molar-refractivity contribution in [3.8, 4) is 11.5 Å². The molecule has 26 heavy (non-hydrogen) atoms. The van der Waals surface area contributed by atoms with Crippen LogP contribution in [-0.4, -0.2) is 46.6 Å². The van der Waals surface area contributed by atoms with Crippen molar-refractivity contribution in [2.75, 3.05) is 13.7 Å². The fraction of sp³-hybridized carbons (Fsp3) is 0.526. The van der Waals surface area contributed by atoms with Crippen LogP contribution in [-0.2, 0) is 22.5 Å². The molecule has 0 saturated heterocycles. The molecule has 1 aliphatic carbocycles. The van der Waals surface area contributed by atoms with Crippen LogP contribution in [0.5, 0.6) is 0 Å². The molecule has 0 unspecified atom stereocenters. The van der Waals surface area contributed by atoms with Gasteiger partial charge < -0.3 is 19.8 Å². The Morgan fingerprint density at radius 1 is 1.42 bits per heavy atom. The minimum atomic E-state index is -0.0396. The van der Waals surface area contributed by atoms with E-state index >= 15 is 0 Å². The SMILES string of the molecule is CO[C@@H]1C[C@@H](C(=O)N2CCc3oc(-c4cccnc4)nc3C2)CC[C@H]1N. The van der Waals surface area contributed by atoms with Gasteiger partial charge in [-0.2, -0.15) is 0 Å². The summed E-state index contributed by atoms with van der Waals surface area (Å²) >= 11 is 0. The number of ether oxygens (including phenoxy) is 1. The molecule has 2 aliphatic rings. The Morgan fingerprint density at radius 3 is 3.08 bits per heavy atom. The Hall–Kier alpha value is -2.25. The van der Waals surface area contributed by atoms with Gasteiger partial charge in [0.2, 0.25) is 11.8 Å². The third-order valence-electron chi connectivity index (χ3n) is 5.44. The van der Waals surface area contributed by atoms with E-state index in [0.29, 0.717) is 31.8 Å². The lowest BCUT2D eigenvalue weighted by atomic mass is 9.83. The van der Waals surface area contributed by atoms with Crippen molar-refractivity contribution in [2.45, 2.75) is 44.4 Å². The lowest BCUT2D eigenvalue weighted by Crippen LogP contribution is -2.47. The van der Waals surface area contributed by atoms with Crippen LogP contribution in [0.1, 0.15) is 30.7 Å². The number of oxazole rings is 1. The van der Waals surface area contributed by atoms with Gasteiger partial charge in [-0.05, 0) is 31.4 Å². The summed E-state index contributed by atoms with van der Waals surface area (Å²) in [5, 5.41) is 0. The number of carbonyl (C=O) groups is 1. The van der Waals surface area contributed by atoms with E-state index < -0.39 is 0 Å². The second-order valence-electron chi connectivity index (χ2n) is 7.09. The predicted molar refractivity (Wildman–Crippen MR) is 95.0 cm³/mol. The van der Waals surface area contributed by atoms with E-state index in [1.165, 1.54) is 0 Å². The highest BCUT2D eigenvalue weighted by Gasteiger charge is 2.36. The van der Waals surface area contributed by atoms with Crippen LogP contribution < -0.4 is 5.73 Å². The van der Waals surface area contributed by atoms with E-state index in [4.69, 9.17) is 14.9 Å². The molecule has 3 heterocycles. The quantitative estimate of drug-likeness (QED) is 0.900. The average Bonchev–Trinajstić information content (AvgIpc) is 3.12. The average molecular weight is 356 g/mol. The van der Waals surface area contributed by atoms with Gasteiger partial charge in [-0.3, -0.25) is 9.78 Å². The summed E-state index contributed by atoms with van der Waals surface area (Å²) in [4.78, 5) is 23.6. The largest absolute Gasteiger partial charge is 0.441 e. The number of methoxy groups -OCH3 is 1. The smallest absolute Gasteiger partial charge is 0.228 e. The first-order valence-corrected chi connectivity index (χ1v) is 9.12. The highest BCUT2D eigenvalue weighted by molar-refractivity contribution is 5.79. The topological polar surface area (TPSA) is 94.5 Å². The summed E-state index contributed by atoms with van der Waals surface area (Å²) < 4.78 is 11.3. The van der Waals surface area contributed by atoms with Gasteiger partial charge in [0.15, 0.2) is 0 Å². The van der Waals surface area contributed by atoms with Crippen molar-refractivity contribution in [3.63, 3.8) is 0 Å². The Labute approximate surface area is 152 Å². The third-order valence-corrected chi connectivity index (χ3v) is 5.44. The molecule has 2 aromatic heterocycles. The van der Waals surface area contributed by atoms with Crippen molar-refractivity contribution in [1.29, 1.82) is 0 Å². The Morgan fingerprint density at radius 2 is 2.31 bits per heavy atom. The summed E-state index contributed by atoms with van der Waals surface area (Å²) in [6.45, 7) is 1.16. The number of fused-ring (bicyclic) bond motifs is 1. The van der Waals surface area contributed by atoms with Gasteiger partial charge in [0, 0.05) is 44.4 Å². The number of amides is 1. The Balaban J connectivity index is 1.46. The zero-order chi connectivity index (χ0) is 18.1. The van der Waals surface area contributed by atoms with Gasteiger partial charge in [0.05, 0.1) is 18.2 Å². The van der Waals surface area contributed by atoms with E-state index in [9.17, 15) is 4.79 Å². The predicted octanol–water partition coefficient (Wildman–Crippen LogP) is 1.76. The zero-order valence-electron chi connectivity index (χ0n) is 14.9. The monoisotopic (exact) mass is 356 g/mol. The molecule has 2 N–H and O–H groups in total. The van der Waals surface area contributed by atoms with Crippen molar-refractivity contribution >= 4 is 5.91 Å². The maximum absolute atomic E-state index is 13.0. The van der Waals surface area contributed by atoms with Gasteiger partial charge in [-0.1, -0.05) is 0 Å². The van der Waals surface area contributed by atoms with Crippen LogP contribution in [0.25, 0.3) is 11.5 Å². The fourth-order valence-electron chi connectivity index (χ4n) is 3.91. The van der Waals surface area contributed by atoms with Crippen molar-refractivity contribution in [2.24, 2.45) is 11.7 Å². The van der Waals surface area contributed by atoms with E-state index in [0.717, 1.165) is 29.9 Å². The molecule has 1 saturated carbocycles. The van der Waals surface area contributed by atoms with E-state index in [1.54, 1.807) is 19.5 Å². The molecule has 7 nitrogen and oxygen atoms in total. The van der Waals surface area contributed by atoms with Gasteiger partial charge >= 0.3 is 0 Å². The molecule has 138 valence electrons. The standard InChI is InChI=1S/C19H24N4O3/c1-25-17-9-12(4-5-14(17)20)19(24)23-8-6-16-15(11-23)22-18(26-16)13-3-2-7-21-10-13/h2-3,7,10,12,14,17H,4-6,8-9,11,20H2,1H3/t12-,14+,17+/m0/s1. The molecule has 4 rings (SSSR count). The van der Waals surface area contributed by atoms with Crippen LogP contribution in [0.3, 0.4) is 0 Å². The maximum atomic E-state index is 13.0. The molecule has 1 fully saturated rings.